The van der Waals surface area contributed by atoms with Gasteiger partial charge in [-0.05, 0) is 55.5 Å². The Bertz CT molecular complexity index is 1430. The van der Waals surface area contributed by atoms with Gasteiger partial charge < -0.3 is 9.09 Å². The molecule has 0 fully saturated rings. The minimum absolute atomic E-state index is 0.0491. The molecule has 0 saturated carbocycles. The lowest BCUT2D eigenvalue weighted by molar-refractivity contribution is 0.393. The normalized spacial score (nSPS) is 12.9. The van der Waals surface area contributed by atoms with Gasteiger partial charge in [-0.3, -0.25) is 9.97 Å². The zero-order chi connectivity index (χ0) is 24.0. The molecule has 0 amide bonds. The van der Waals surface area contributed by atoms with Gasteiger partial charge in [-0.1, -0.05) is 56.3 Å². The number of pyridine rings is 2. The molecule has 0 bridgehead atoms. The number of hydrogen-bond acceptors (Lipinski definition) is 4. The quantitative estimate of drug-likeness (QED) is 0.289. The van der Waals surface area contributed by atoms with Crippen LogP contribution in [0.2, 0.25) is 0 Å². The maximum absolute atomic E-state index is 5.43. The van der Waals surface area contributed by atoms with Gasteiger partial charge in [0.05, 0.1) is 28.5 Å². The summed E-state index contributed by atoms with van der Waals surface area (Å²) in [4.78, 5) is 9.57. The Labute approximate surface area is 200 Å². The second kappa shape index (κ2) is 8.24. The molecule has 1 atom stereocenters. The van der Waals surface area contributed by atoms with Crippen LogP contribution in [0.25, 0.3) is 33.3 Å². The Hall–Kier alpha value is -3.73. The first kappa shape index (κ1) is 22.1. The maximum Gasteiger partial charge on any atom is 0.141 e. The minimum Gasteiger partial charge on any atom is -0.361 e. The molecular weight excluding hydrogens is 420 g/mol. The van der Waals surface area contributed by atoms with Gasteiger partial charge in [0.1, 0.15) is 5.76 Å². The van der Waals surface area contributed by atoms with Crippen LogP contribution < -0.4 is 0 Å². The molecule has 0 aliphatic rings. The van der Waals surface area contributed by atoms with Crippen LogP contribution in [0.1, 0.15) is 56.4 Å². The molecule has 172 valence electrons. The van der Waals surface area contributed by atoms with Crippen LogP contribution in [0.3, 0.4) is 0 Å². The molecule has 0 aliphatic carbocycles. The van der Waals surface area contributed by atoms with Crippen molar-refractivity contribution < 1.29 is 4.52 Å². The topological polar surface area (TPSA) is 56.7 Å². The molecule has 34 heavy (non-hydrogen) atoms. The summed E-state index contributed by atoms with van der Waals surface area (Å²) in [6, 6.07) is 17.1. The second-order valence-electron chi connectivity index (χ2n) is 10.00. The molecule has 4 heterocycles. The third-order valence-corrected chi connectivity index (χ3v) is 6.59. The number of benzene rings is 1. The van der Waals surface area contributed by atoms with Crippen LogP contribution in [0.5, 0.6) is 0 Å². The molecule has 0 N–H and O–H groups in total. The van der Waals surface area contributed by atoms with E-state index >= 15 is 0 Å². The van der Waals surface area contributed by atoms with Gasteiger partial charge in [-0.2, -0.15) is 0 Å². The van der Waals surface area contributed by atoms with E-state index in [9.17, 15) is 0 Å². The summed E-state index contributed by atoms with van der Waals surface area (Å²) >= 11 is 0. The van der Waals surface area contributed by atoms with Crippen molar-refractivity contribution in [3.05, 3.63) is 89.8 Å². The van der Waals surface area contributed by atoms with E-state index in [2.05, 4.69) is 85.0 Å². The lowest BCUT2D eigenvalue weighted by Gasteiger charge is -2.19. The van der Waals surface area contributed by atoms with Crippen molar-refractivity contribution >= 4 is 11.0 Å². The highest BCUT2D eigenvalue weighted by atomic mass is 16.5. The summed E-state index contributed by atoms with van der Waals surface area (Å²) in [7, 11) is 0. The highest BCUT2D eigenvalue weighted by Crippen LogP contribution is 2.37. The summed E-state index contributed by atoms with van der Waals surface area (Å²) in [6.07, 6.45) is 5.98. The lowest BCUT2D eigenvalue weighted by Crippen LogP contribution is -2.10. The van der Waals surface area contributed by atoms with Crippen molar-refractivity contribution in [1.82, 2.24) is 19.7 Å². The molecule has 4 aromatic heterocycles. The molecular formula is C29H30N4O. The van der Waals surface area contributed by atoms with Gasteiger partial charge in [0.2, 0.25) is 0 Å². The fourth-order valence-corrected chi connectivity index (χ4v) is 4.61. The number of aromatic nitrogens is 4. The SMILES string of the molecule is Cc1noc(C)c1-c1cnc2c(-c3ccc(C(C)(C)C)cc3)cn(C(C)c3ccccn3)c2c1. The summed E-state index contributed by atoms with van der Waals surface area (Å²) < 4.78 is 7.70. The first-order valence-electron chi connectivity index (χ1n) is 11.7. The molecule has 1 aromatic carbocycles. The summed E-state index contributed by atoms with van der Waals surface area (Å²) in [5, 5.41) is 4.14. The predicted octanol–water partition coefficient (Wildman–Crippen LogP) is 7.28. The van der Waals surface area contributed by atoms with Gasteiger partial charge in [0.15, 0.2) is 0 Å². The van der Waals surface area contributed by atoms with Crippen molar-refractivity contribution in [2.75, 3.05) is 0 Å². The molecule has 5 aromatic rings. The van der Waals surface area contributed by atoms with Crippen LogP contribution in [0, 0.1) is 13.8 Å². The zero-order valence-electron chi connectivity index (χ0n) is 20.6. The van der Waals surface area contributed by atoms with E-state index in [1.807, 2.05) is 38.4 Å². The average Bonchev–Trinajstić information content (AvgIpc) is 3.37. The lowest BCUT2D eigenvalue weighted by atomic mass is 9.86. The third kappa shape index (κ3) is 3.81. The number of fused-ring (bicyclic) bond motifs is 1. The van der Waals surface area contributed by atoms with Gasteiger partial charge in [0, 0.05) is 35.3 Å². The molecule has 5 rings (SSSR count). The Morgan fingerprint density at radius 3 is 2.32 bits per heavy atom. The summed E-state index contributed by atoms with van der Waals surface area (Å²) in [6.45, 7) is 12.8. The summed E-state index contributed by atoms with van der Waals surface area (Å²) in [5.41, 5.74) is 9.62. The molecule has 5 nitrogen and oxygen atoms in total. The van der Waals surface area contributed by atoms with Gasteiger partial charge in [0.25, 0.3) is 0 Å². The van der Waals surface area contributed by atoms with Crippen molar-refractivity contribution in [1.29, 1.82) is 0 Å². The number of rotatable bonds is 4. The number of nitrogens with zero attached hydrogens (tertiary/aromatic N) is 4. The predicted molar refractivity (Wildman–Crippen MR) is 137 cm³/mol. The van der Waals surface area contributed by atoms with Gasteiger partial charge in [-0.25, -0.2) is 0 Å². The Balaban J connectivity index is 1.71. The van der Waals surface area contributed by atoms with Gasteiger partial charge >= 0.3 is 0 Å². The van der Waals surface area contributed by atoms with Crippen LogP contribution in [0.15, 0.2) is 71.6 Å². The average molecular weight is 451 g/mol. The van der Waals surface area contributed by atoms with E-state index in [0.717, 1.165) is 50.4 Å². The van der Waals surface area contributed by atoms with E-state index in [4.69, 9.17) is 9.51 Å². The maximum atomic E-state index is 5.43. The third-order valence-electron chi connectivity index (χ3n) is 6.59. The molecule has 0 saturated heterocycles. The Kier molecular flexibility index (Phi) is 5.35. The monoisotopic (exact) mass is 450 g/mol. The van der Waals surface area contributed by atoms with Crippen LogP contribution in [0.4, 0.5) is 0 Å². The van der Waals surface area contributed by atoms with Crippen molar-refractivity contribution in [2.24, 2.45) is 0 Å². The van der Waals surface area contributed by atoms with Crippen LogP contribution in [-0.2, 0) is 5.41 Å². The minimum atomic E-state index is 0.0491. The molecule has 0 aliphatic heterocycles. The standard InChI is InChI=1S/C29H30N4O/c1-18-27(20(3)34-32-18)22-15-26-28(31-16-22)24(21-10-12-23(13-11-21)29(4,5)6)17-33(26)19(2)25-9-7-8-14-30-25/h7-17,19H,1-6H3. The van der Waals surface area contributed by atoms with Crippen molar-refractivity contribution in [3.63, 3.8) is 0 Å². The largest absolute Gasteiger partial charge is 0.361 e. The number of hydrogen-bond donors (Lipinski definition) is 0. The summed E-state index contributed by atoms with van der Waals surface area (Å²) in [5.74, 6) is 0.799. The fourth-order valence-electron chi connectivity index (χ4n) is 4.61. The van der Waals surface area contributed by atoms with Crippen LogP contribution in [-0.4, -0.2) is 19.7 Å². The van der Waals surface area contributed by atoms with E-state index in [1.54, 1.807) is 0 Å². The molecule has 1 unspecified atom stereocenters. The fraction of sp³-hybridized carbons (Fsp3) is 0.276. The smallest absolute Gasteiger partial charge is 0.141 e. The first-order chi connectivity index (χ1) is 16.2. The molecule has 5 heteroatoms. The van der Waals surface area contributed by atoms with E-state index in [-0.39, 0.29) is 11.5 Å². The zero-order valence-corrected chi connectivity index (χ0v) is 20.6. The van der Waals surface area contributed by atoms with E-state index < -0.39 is 0 Å². The Morgan fingerprint density at radius 2 is 1.71 bits per heavy atom. The molecule has 0 spiro atoms. The highest BCUT2D eigenvalue weighted by molar-refractivity contribution is 5.95. The Morgan fingerprint density at radius 1 is 0.941 bits per heavy atom. The second-order valence-corrected chi connectivity index (χ2v) is 10.00. The van der Waals surface area contributed by atoms with Gasteiger partial charge in [-0.15, -0.1) is 0 Å². The first-order valence-corrected chi connectivity index (χ1v) is 11.7. The van der Waals surface area contributed by atoms with E-state index in [0.29, 0.717) is 0 Å². The highest BCUT2D eigenvalue weighted by Gasteiger charge is 2.21. The van der Waals surface area contributed by atoms with Crippen molar-refractivity contribution in [3.8, 4) is 22.3 Å². The van der Waals surface area contributed by atoms with Crippen LogP contribution >= 0.6 is 0 Å². The number of aryl methyl sites for hydroxylation is 2. The molecule has 0 radical (unpaired) electrons. The van der Waals surface area contributed by atoms with Crippen molar-refractivity contribution in [2.45, 2.75) is 53.0 Å². The van der Waals surface area contributed by atoms with E-state index in [1.165, 1.54) is 5.56 Å².